The van der Waals surface area contributed by atoms with Gasteiger partial charge in [-0.2, -0.15) is 0 Å². The Labute approximate surface area is 70.6 Å². The molecular weight excluding hydrogens is 162 g/mol. The van der Waals surface area contributed by atoms with E-state index in [4.69, 9.17) is 17.3 Å². The summed E-state index contributed by atoms with van der Waals surface area (Å²) < 4.78 is 0. The fourth-order valence-corrected chi connectivity index (χ4v) is 0.944. The normalized spacial score (nSPS) is 9.64. The average molecular weight is 172 g/mol. The Morgan fingerprint density at radius 2 is 2.36 bits per heavy atom. The van der Waals surface area contributed by atoms with Crippen LogP contribution in [-0.4, -0.2) is 11.5 Å². The van der Waals surface area contributed by atoms with E-state index < -0.39 is 0 Å². The molecule has 0 saturated carbocycles. The molecule has 1 aromatic heterocycles. The van der Waals surface area contributed by atoms with Gasteiger partial charge in [0, 0.05) is 6.54 Å². The number of nitrogens with two attached hydrogens (primary N) is 1. The van der Waals surface area contributed by atoms with Gasteiger partial charge in [0.15, 0.2) is 0 Å². The van der Waals surface area contributed by atoms with Crippen LogP contribution in [-0.2, 0) is 0 Å². The predicted molar refractivity (Wildman–Crippen MR) is 47.8 cm³/mol. The lowest BCUT2D eigenvalue weighted by Crippen LogP contribution is -2.02. The van der Waals surface area contributed by atoms with Crippen molar-refractivity contribution < 1.29 is 0 Å². The first-order chi connectivity index (χ1) is 5.24. The molecule has 11 heavy (non-hydrogen) atoms. The highest BCUT2D eigenvalue weighted by molar-refractivity contribution is 6.29. The minimum absolute atomic E-state index is 0.421. The molecule has 1 rings (SSSR count). The monoisotopic (exact) mass is 171 g/mol. The van der Waals surface area contributed by atoms with E-state index in [1.807, 2.05) is 13.0 Å². The standard InChI is InChI=1S/C7H10ClN3/c1-2-10-5-3-4-6(8)11-7(5)9/h3-4,10H,2H2,1H3,(H2,9,11). The van der Waals surface area contributed by atoms with Gasteiger partial charge in [0.25, 0.3) is 0 Å². The van der Waals surface area contributed by atoms with Crippen LogP contribution in [0, 0.1) is 0 Å². The number of nitrogen functional groups attached to an aromatic ring is 1. The van der Waals surface area contributed by atoms with Gasteiger partial charge in [-0.1, -0.05) is 11.6 Å². The Morgan fingerprint density at radius 3 is 2.91 bits per heavy atom. The summed E-state index contributed by atoms with van der Waals surface area (Å²) in [5, 5.41) is 3.48. The molecule has 0 aliphatic rings. The van der Waals surface area contributed by atoms with Gasteiger partial charge in [0.2, 0.25) is 0 Å². The number of rotatable bonds is 2. The van der Waals surface area contributed by atoms with Crippen molar-refractivity contribution in [2.45, 2.75) is 6.92 Å². The summed E-state index contributed by atoms with van der Waals surface area (Å²) in [6, 6.07) is 3.52. The maximum absolute atomic E-state index is 5.60. The fraction of sp³-hybridized carbons (Fsp3) is 0.286. The number of anilines is 2. The molecule has 0 radical (unpaired) electrons. The zero-order chi connectivity index (χ0) is 8.27. The smallest absolute Gasteiger partial charge is 0.148 e. The number of hydrogen-bond donors (Lipinski definition) is 2. The summed E-state index contributed by atoms with van der Waals surface area (Å²) >= 11 is 5.60. The second-order valence-electron chi connectivity index (χ2n) is 2.10. The number of hydrogen-bond acceptors (Lipinski definition) is 3. The van der Waals surface area contributed by atoms with Crippen molar-refractivity contribution in [2.24, 2.45) is 0 Å². The van der Waals surface area contributed by atoms with Crippen LogP contribution in [0.3, 0.4) is 0 Å². The lowest BCUT2D eigenvalue weighted by Gasteiger charge is -2.04. The predicted octanol–water partition coefficient (Wildman–Crippen LogP) is 1.75. The Kier molecular flexibility index (Phi) is 2.54. The van der Waals surface area contributed by atoms with E-state index in [0.717, 1.165) is 12.2 Å². The van der Waals surface area contributed by atoms with E-state index in [2.05, 4.69) is 10.3 Å². The van der Waals surface area contributed by atoms with Gasteiger partial charge in [-0.05, 0) is 19.1 Å². The number of halogens is 1. The molecule has 3 nitrogen and oxygen atoms in total. The van der Waals surface area contributed by atoms with Crippen molar-refractivity contribution in [1.29, 1.82) is 0 Å². The Hall–Kier alpha value is -0.960. The molecule has 1 aromatic rings. The van der Waals surface area contributed by atoms with E-state index >= 15 is 0 Å². The molecule has 0 atom stereocenters. The van der Waals surface area contributed by atoms with Crippen molar-refractivity contribution in [1.82, 2.24) is 4.98 Å². The SMILES string of the molecule is CCNc1ccc(Cl)nc1N. The van der Waals surface area contributed by atoms with E-state index in [1.54, 1.807) is 6.07 Å². The van der Waals surface area contributed by atoms with Gasteiger partial charge in [-0.15, -0.1) is 0 Å². The van der Waals surface area contributed by atoms with Crippen molar-refractivity contribution in [3.05, 3.63) is 17.3 Å². The topological polar surface area (TPSA) is 50.9 Å². The molecule has 0 bridgehead atoms. The zero-order valence-electron chi connectivity index (χ0n) is 6.26. The molecule has 0 aliphatic heterocycles. The fourth-order valence-electron chi connectivity index (χ4n) is 0.790. The van der Waals surface area contributed by atoms with Crippen LogP contribution in [0.15, 0.2) is 12.1 Å². The number of nitrogens with zero attached hydrogens (tertiary/aromatic N) is 1. The third kappa shape index (κ3) is 1.98. The van der Waals surface area contributed by atoms with Gasteiger partial charge in [0.1, 0.15) is 11.0 Å². The minimum Gasteiger partial charge on any atom is -0.382 e. The average Bonchev–Trinajstić information content (AvgIpc) is 1.95. The lowest BCUT2D eigenvalue weighted by molar-refractivity contribution is 1.20. The van der Waals surface area contributed by atoms with Crippen LogP contribution in [0.5, 0.6) is 0 Å². The Morgan fingerprint density at radius 1 is 1.64 bits per heavy atom. The second kappa shape index (κ2) is 3.44. The Bertz CT molecular complexity index is 249. The first kappa shape index (κ1) is 8.14. The number of aromatic nitrogens is 1. The molecule has 3 N–H and O–H groups in total. The van der Waals surface area contributed by atoms with Crippen LogP contribution < -0.4 is 11.1 Å². The third-order valence-corrected chi connectivity index (χ3v) is 1.47. The first-order valence-corrected chi connectivity index (χ1v) is 3.77. The highest BCUT2D eigenvalue weighted by Crippen LogP contribution is 2.17. The molecule has 0 aromatic carbocycles. The molecule has 1 heterocycles. The first-order valence-electron chi connectivity index (χ1n) is 3.40. The van der Waals surface area contributed by atoms with E-state index in [9.17, 15) is 0 Å². The van der Waals surface area contributed by atoms with Gasteiger partial charge in [0.05, 0.1) is 5.69 Å². The minimum atomic E-state index is 0.421. The second-order valence-corrected chi connectivity index (χ2v) is 2.48. The van der Waals surface area contributed by atoms with Crippen LogP contribution in [0.2, 0.25) is 5.15 Å². The van der Waals surface area contributed by atoms with E-state index in [-0.39, 0.29) is 0 Å². The summed E-state index contributed by atoms with van der Waals surface area (Å²) in [5.74, 6) is 0.444. The molecule has 0 amide bonds. The van der Waals surface area contributed by atoms with Crippen LogP contribution in [0.25, 0.3) is 0 Å². The Balaban J connectivity index is 2.90. The molecule has 60 valence electrons. The lowest BCUT2D eigenvalue weighted by atomic mass is 10.4. The highest BCUT2D eigenvalue weighted by atomic mass is 35.5. The zero-order valence-corrected chi connectivity index (χ0v) is 7.02. The molecule has 0 aliphatic carbocycles. The van der Waals surface area contributed by atoms with Crippen molar-refractivity contribution in [3.8, 4) is 0 Å². The third-order valence-electron chi connectivity index (χ3n) is 1.26. The molecule has 4 heteroatoms. The van der Waals surface area contributed by atoms with Crippen molar-refractivity contribution in [3.63, 3.8) is 0 Å². The van der Waals surface area contributed by atoms with Gasteiger partial charge in [-0.25, -0.2) is 4.98 Å². The molecule has 0 fully saturated rings. The maximum Gasteiger partial charge on any atom is 0.148 e. The van der Waals surface area contributed by atoms with Gasteiger partial charge in [-0.3, -0.25) is 0 Å². The molecule has 0 unspecified atom stereocenters. The summed E-state index contributed by atoms with van der Waals surface area (Å²) in [6.07, 6.45) is 0. The number of pyridine rings is 1. The molecular formula is C7H10ClN3. The summed E-state index contributed by atoms with van der Waals surface area (Å²) in [5.41, 5.74) is 6.38. The molecule has 0 saturated heterocycles. The van der Waals surface area contributed by atoms with Crippen LogP contribution in [0.4, 0.5) is 11.5 Å². The quantitative estimate of drug-likeness (QED) is 0.667. The largest absolute Gasteiger partial charge is 0.382 e. The van der Waals surface area contributed by atoms with Gasteiger partial charge >= 0.3 is 0 Å². The van der Waals surface area contributed by atoms with Crippen LogP contribution >= 0.6 is 11.6 Å². The van der Waals surface area contributed by atoms with E-state index in [0.29, 0.717) is 11.0 Å². The summed E-state index contributed by atoms with van der Waals surface area (Å²) in [6.45, 7) is 2.82. The summed E-state index contributed by atoms with van der Waals surface area (Å²) in [4.78, 5) is 3.87. The number of nitrogens with one attached hydrogen (secondary N) is 1. The molecule has 0 spiro atoms. The van der Waals surface area contributed by atoms with Crippen LogP contribution in [0.1, 0.15) is 6.92 Å². The van der Waals surface area contributed by atoms with E-state index in [1.165, 1.54) is 0 Å². The summed E-state index contributed by atoms with van der Waals surface area (Å²) in [7, 11) is 0. The highest BCUT2D eigenvalue weighted by Gasteiger charge is 1.97. The maximum atomic E-state index is 5.60. The van der Waals surface area contributed by atoms with Crippen molar-refractivity contribution >= 4 is 23.1 Å². The van der Waals surface area contributed by atoms with Gasteiger partial charge < -0.3 is 11.1 Å². The van der Waals surface area contributed by atoms with Crippen molar-refractivity contribution in [2.75, 3.05) is 17.6 Å².